The third kappa shape index (κ3) is 2.24. The summed E-state index contributed by atoms with van der Waals surface area (Å²) in [4.78, 5) is 12.4. The second-order valence-corrected chi connectivity index (χ2v) is 6.49. The fourth-order valence-corrected chi connectivity index (χ4v) is 3.41. The number of furan rings is 1. The zero-order valence-electron chi connectivity index (χ0n) is 13.6. The molecule has 0 aliphatic carbocycles. The van der Waals surface area contributed by atoms with Gasteiger partial charge in [0, 0.05) is 17.5 Å². The predicted molar refractivity (Wildman–Crippen MR) is 91.9 cm³/mol. The highest BCUT2D eigenvalue weighted by Crippen LogP contribution is 2.37. The molecular weight excluding hydrogens is 286 g/mol. The average molecular weight is 305 g/mol. The minimum absolute atomic E-state index is 0.0571. The fourth-order valence-electron chi connectivity index (χ4n) is 3.41. The van der Waals surface area contributed by atoms with Crippen LogP contribution in [0, 0.1) is 20.8 Å². The number of amides is 1. The number of aryl methyl sites for hydroxylation is 3. The molecule has 0 spiro atoms. The van der Waals surface area contributed by atoms with Gasteiger partial charge in [-0.15, -0.1) is 0 Å². The van der Waals surface area contributed by atoms with Crippen LogP contribution < -0.4 is 5.32 Å². The van der Waals surface area contributed by atoms with E-state index in [9.17, 15) is 4.79 Å². The molecule has 0 unspecified atom stereocenters. The van der Waals surface area contributed by atoms with Gasteiger partial charge in [-0.2, -0.15) is 0 Å². The van der Waals surface area contributed by atoms with Crippen molar-refractivity contribution in [3.05, 3.63) is 64.4 Å². The summed E-state index contributed by atoms with van der Waals surface area (Å²) in [5, 5.41) is 4.12. The summed E-state index contributed by atoms with van der Waals surface area (Å²) in [5.41, 5.74) is 6.42. The van der Waals surface area contributed by atoms with Gasteiger partial charge in [-0.05, 0) is 50.1 Å². The Labute approximate surface area is 135 Å². The Bertz CT molecular complexity index is 936. The van der Waals surface area contributed by atoms with E-state index in [0.29, 0.717) is 6.42 Å². The standard InChI is InChI=1S/C20H19NO2/c1-11-4-6-17-15(9-11)16(20(22)21-17)10-19-13(3)14-8-12(2)5-7-18(14)23-19/h4-9,16H,10H2,1-3H3,(H,21,22)/t16-/m0/s1. The molecule has 2 heterocycles. The Kier molecular flexibility index (Phi) is 3.05. The van der Waals surface area contributed by atoms with Crippen LogP contribution in [0.1, 0.15) is 33.9 Å². The fraction of sp³-hybridized carbons (Fsp3) is 0.250. The van der Waals surface area contributed by atoms with Crippen molar-refractivity contribution in [1.29, 1.82) is 0 Å². The van der Waals surface area contributed by atoms with Gasteiger partial charge in [0.15, 0.2) is 0 Å². The van der Waals surface area contributed by atoms with Crippen LogP contribution in [0.15, 0.2) is 40.8 Å². The van der Waals surface area contributed by atoms with Crippen LogP contribution in [0.25, 0.3) is 11.0 Å². The first-order chi connectivity index (χ1) is 11.0. The zero-order valence-corrected chi connectivity index (χ0v) is 13.6. The topological polar surface area (TPSA) is 42.2 Å². The Balaban J connectivity index is 1.76. The largest absolute Gasteiger partial charge is 0.461 e. The van der Waals surface area contributed by atoms with Crippen LogP contribution in [0.3, 0.4) is 0 Å². The van der Waals surface area contributed by atoms with Crippen molar-refractivity contribution in [3.8, 4) is 0 Å². The molecule has 1 aliphatic heterocycles. The van der Waals surface area contributed by atoms with E-state index in [-0.39, 0.29) is 11.8 Å². The molecule has 0 radical (unpaired) electrons. The molecule has 1 N–H and O–H groups in total. The number of rotatable bonds is 2. The van der Waals surface area contributed by atoms with Crippen LogP contribution in [-0.4, -0.2) is 5.91 Å². The van der Waals surface area contributed by atoms with Crippen molar-refractivity contribution >= 4 is 22.6 Å². The van der Waals surface area contributed by atoms with E-state index in [0.717, 1.165) is 33.5 Å². The van der Waals surface area contributed by atoms with Crippen LogP contribution >= 0.6 is 0 Å². The van der Waals surface area contributed by atoms with Gasteiger partial charge in [0.2, 0.25) is 5.91 Å². The lowest BCUT2D eigenvalue weighted by atomic mass is 9.93. The second kappa shape index (κ2) is 4.98. The number of carbonyl (C=O) groups is 1. The predicted octanol–water partition coefficient (Wildman–Crippen LogP) is 4.64. The summed E-state index contributed by atoms with van der Waals surface area (Å²) in [6.45, 7) is 6.20. The first-order valence-electron chi connectivity index (χ1n) is 7.93. The summed E-state index contributed by atoms with van der Waals surface area (Å²) < 4.78 is 6.03. The van der Waals surface area contributed by atoms with Gasteiger partial charge >= 0.3 is 0 Å². The van der Waals surface area contributed by atoms with Crippen LogP contribution in [0.4, 0.5) is 5.69 Å². The molecule has 0 saturated carbocycles. The highest BCUT2D eigenvalue weighted by molar-refractivity contribution is 6.03. The molecule has 3 heteroatoms. The molecule has 0 fully saturated rings. The Morgan fingerprint density at radius 3 is 2.61 bits per heavy atom. The van der Waals surface area contributed by atoms with Crippen LogP contribution in [0.5, 0.6) is 0 Å². The normalized spacial score (nSPS) is 16.7. The number of carbonyl (C=O) groups excluding carboxylic acids is 1. The SMILES string of the molecule is Cc1ccc2c(c1)[C@H](Cc1oc3ccc(C)cc3c1C)C(=O)N2. The lowest BCUT2D eigenvalue weighted by Gasteiger charge is -2.08. The quantitative estimate of drug-likeness (QED) is 0.749. The molecular formula is C20H19NO2. The minimum Gasteiger partial charge on any atom is -0.461 e. The maximum atomic E-state index is 12.4. The molecule has 1 atom stereocenters. The summed E-state index contributed by atoms with van der Waals surface area (Å²) in [6, 6.07) is 12.3. The average Bonchev–Trinajstić information content (AvgIpc) is 2.99. The molecule has 1 aliphatic rings. The van der Waals surface area contributed by atoms with E-state index in [2.05, 4.69) is 44.3 Å². The number of fused-ring (bicyclic) bond motifs is 2. The molecule has 0 bridgehead atoms. The van der Waals surface area contributed by atoms with E-state index >= 15 is 0 Å². The number of hydrogen-bond acceptors (Lipinski definition) is 2. The molecule has 3 nitrogen and oxygen atoms in total. The van der Waals surface area contributed by atoms with Gasteiger partial charge in [-0.1, -0.05) is 29.3 Å². The third-order valence-corrected chi connectivity index (χ3v) is 4.74. The Morgan fingerprint density at radius 1 is 1.04 bits per heavy atom. The summed E-state index contributed by atoms with van der Waals surface area (Å²) in [7, 11) is 0. The van der Waals surface area contributed by atoms with E-state index in [4.69, 9.17) is 4.42 Å². The number of nitrogens with one attached hydrogen (secondary N) is 1. The van der Waals surface area contributed by atoms with Gasteiger partial charge in [-0.25, -0.2) is 0 Å². The van der Waals surface area contributed by atoms with E-state index in [1.165, 1.54) is 11.1 Å². The van der Waals surface area contributed by atoms with Crippen LogP contribution in [0.2, 0.25) is 0 Å². The molecule has 3 aromatic rings. The zero-order chi connectivity index (χ0) is 16.1. The minimum atomic E-state index is -0.176. The van der Waals surface area contributed by atoms with Crippen molar-refractivity contribution in [2.75, 3.05) is 5.32 Å². The van der Waals surface area contributed by atoms with E-state index in [1.54, 1.807) is 0 Å². The highest BCUT2D eigenvalue weighted by Gasteiger charge is 2.32. The van der Waals surface area contributed by atoms with Gasteiger partial charge in [0.1, 0.15) is 11.3 Å². The third-order valence-electron chi connectivity index (χ3n) is 4.74. The van der Waals surface area contributed by atoms with Crippen molar-refractivity contribution in [3.63, 3.8) is 0 Å². The van der Waals surface area contributed by atoms with Gasteiger partial charge < -0.3 is 9.73 Å². The van der Waals surface area contributed by atoms with Crippen molar-refractivity contribution < 1.29 is 9.21 Å². The maximum absolute atomic E-state index is 12.4. The molecule has 1 aromatic heterocycles. The summed E-state index contributed by atoms with van der Waals surface area (Å²) >= 11 is 0. The van der Waals surface area contributed by atoms with Gasteiger partial charge in [0.05, 0.1) is 5.92 Å². The van der Waals surface area contributed by atoms with Crippen molar-refractivity contribution in [2.24, 2.45) is 0 Å². The molecule has 4 rings (SSSR count). The Hall–Kier alpha value is -2.55. The first-order valence-corrected chi connectivity index (χ1v) is 7.93. The van der Waals surface area contributed by atoms with Crippen molar-refractivity contribution in [1.82, 2.24) is 0 Å². The molecule has 0 saturated heterocycles. The van der Waals surface area contributed by atoms with Crippen molar-refractivity contribution in [2.45, 2.75) is 33.1 Å². The highest BCUT2D eigenvalue weighted by atomic mass is 16.3. The second-order valence-electron chi connectivity index (χ2n) is 6.49. The summed E-state index contributed by atoms with van der Waals surface area (Å²) in [5.74, 6) is 0.784. The number of hydrogen-bond donors (Lipinski definition) is 1. The van der Waals surface area contributed by atoms with Gasteiger partial charge in [-0.3, -0.25) is 4.79 Å². The molecule has 1 amide bonds. The lowest BCUT2D eigenvalue weighted by Crippen LogP contribution is -2.14. The molecule has 116 valence electrons. The van der Waals surface area contributed by atoms with E-state index < -0.39 is 0 Å². The molecule has 2 aromatic carbocycles. The Morgan fingerprint density at radius 2 is 1.78 bits per heavy atom. The van der Waals surface area contributed by atoms with Crippen LogP contribution in [-0.2, 0) is 11.2 Å². The lowest BCUT2D eigenvalue weighted by molar-refractivity contribution is -0.117. The van der Waals surface area contributed by atoms with Gasteiger partial charge in [0.25, 0.3) is 0 Å². The monoisotopic (exact) mass is 305 g/mol. The smallest absolute Gasteiger partial charge is 0.232 e. The number of anilines is 1. The molecule has 23 heavy (non-hydrogen) atoms. The first kappa shape index (κ1) is 14.1. The van der Waals surface area contributed by atoms with E-state index in [1.807, 2.05) is 18.2 Å². The maximum Gasteiger partial charge on any atom is 0.232 e. The summed E-state index contributed by atoms with van der Waals surface area (Å²) in [6.07, 6.45) is 0.599. The number of benzene rings is 2.